The second-order valence-electron chi connectivity index (χ2n) is 2.39. The van der Waals surface area contributed by atoms with Crippen molar-refractivity contribution < 1.29 is 9.53 Å². The number of amides is 1. The third kappa shape index (κ3) is 2.00. The molecule has 74 valence electrons. The van der Waals surface area contributed by atoms with Gasteiger partial charge in [0.25, 0.3) is 5.91 Å². The van der Waals surface area contributed by atoms with E-state index in [1.165, 1.54) is 12.1 Å². The van der Waals surface area contributed by atoms with Gasteiger partial charge in [-0.05, 0) is 12.1 Å². The molecule has 5 heteroatoms. The summed E-state index contributed by atoms with van der Waals surface area (Å²) in [6.45, 7) is 3.35. The van der Waals surface area contributed by atoms with Crippen molar-refractivity contribution in [2.45, 2.75) is 0 Å². The summed E-state index contributed by atoms with van der Waals surface area (Å²) >= 11 is 11.5. The lowest BCUT2D eigenvalue weighted by Gasteiger charge is -2.08. The van der Waals surface area contributed by atoms with Crippen LogP contribution in [0.1, 0.15) is 10.4 Å². The largest absolute Gasteiger partial charge is 0.463 e. The maximum Gasteiger partial charge on any atom is 0.252 e. The average molecular weight is 232 g/mol. The molecular formula is C9H7Cl2NO2. The number of ether oxygens (including phenoxy) is 1. The van der Waals surface area contributed by atoms with E-state index in [4.69, 9.17) is 33.7 Å². The first kappa shape index (κ1) is 10.9. The highest BCUT2D eigenvalue weighted by Crippen LogP contribution is 2.35. The van der Waals surface area contributed by atoms with Crippen LogP contribution in [0.5, 0.6) is 5.75 Å². The van der Waals surface area contributed by atoms with Crippen LogP contribution in [-0.4, -0.2) is 5.91 Å². The van der Waals surface area contributed by atoms with E-state index in [-0.39, 0.29) is 21.4 Å². The Morgan fingerprint density at radius 1 is 1.50 bits per heavy atom. The van der Waals surface area contributed by atoms with E-state index >= 15 is 0 Å². The first-order chi connectivity index (χ1) is 6.57. The topological polar surface area (TPSA) is 52.3 Å². The molecule has 3 nitrogen and oxygen atoms in total. The Morgan fingerprint density at radius 2 is 2.14 bits per heavy atom. The normalized spacial score (nSPS) is 9.57. The highest BCUT2D eigenvalue weighted by Gasteiger charge is 2.15. The molecule has 0 saturated carbocycles. The van der Waals surface area contributed by atoms with E-state index in [1.54, 1.807) is 0 Å². The van der Waals surface area contributed by atoms with Gasteiger partial charge in [0.05, 0.1) is 16.8 Å². The molecule has 1 aromatic carbocycles. The summed E-state index contributed by atoms with van der Waals surface area (Å²) in [5.74, 6) is -0.512. The number of carbonyl (C=O) groups excluding carboxylic acids is 1. The number of primary amides is 1. The van der Waals surface area contributed by atoms with Crippen molar-refractivity contribution >= 4 is 29.1 Å². The van der Waals surface area contributed by atoms with E-state index in [9.17, 15) is 4.79 Å². The molecule has 1 aromatic rings. The van der Waals surface area contributed by atoms with Crippen molar-refractivity contribution in [2.75, 3.05) is 0 Å². The predicted octanol–water partition coefficient (Wildman–Crippen LogP) is 2.61. The van der Waals surface area contributed by atoms with Gasteiger partial charge in [0.15, 0.2) is 5.75 Å². The minimum atomic E-state index is -0.639. The molecule has 0 radical (unpaired) electrons. The van der Waals surface area contributed by atoms with Gasteiger partial charge in [0, 0.05) is 0 Å². The Labute approximate surface area is 91.1 Å². The maximum atomic E-state index is 11.0. The monoisotopic (exact) mass is 231 g/mol. The number of nitrogens with two attached hydrogens (primary N) is 1. The number of hydrogen-bond donors (Lipinski definition) is 1. The lowest BCUT2D eigenvalue weighted by atomic mass is 10.2. The van der Waals surface area contributed by atoms with Gasteiger partial charge in [0.1, 0.15) is 5.02 Å². The second-order valence-corrected chi connectivity index (χ2v) is 3.17. The molecule has 0 bridgehead atoms. The number of carbonyl (C=O) groups is 1. The molecule has 0 unspecified atom stereocenters. The lowest BCUT2D eigenvalue weighted by Crippen LogP contribution is -2.12. The molecule has 1 amide bonds. The molecule has 0 heterocycles. The fraction of sp³-hybridized carbons (Fsp3) is 0. The van der Waals surface area contributed by atoms with Gasteiger partial charge in [-0.25, -0.2) is 0 Å². The van der Waals surface area contributed by atoms with Crippen LogP contribution in [0.15, 0.2) is 25.0 Å². The molecule has 1 rings (SSSR count). The fourth-order valence-electron chi connectivity index (χ4n) is 0.925. The smallest absolute Gasteiger partial charge is 0.252 e. The van der Waals surface area contributed by atoms with Gasteiger partial charge in [-0.3, -0.25) is 4.79 Å². The minimum absolute atomic E-state index is 0.127. The molecule has 0 aliphatic heterocycles. The van der Waals surface area contributed by atoms with Crippen molar-refractivity contribution in [3.8, 4) is 5.75 Å². The Bertz CT molecular complexity index is 391. The summed E-state index contributed by atoms with van der Waals surface area (Å²) in [7, 11) is 0. The summed E-state index contributed by atoms with van der Waals surface area (Å²) < 4.78 is 4.96. The zero-order chi connectivity index (χ0) is 10.7. The summed E-state index contributed by atoms with van der Waals surface area (Å²) in [6, 6.07) is 2.91. The van der Waals surface area contributed by atoms with Crippen LogP contribution in [0.25, 0.3) is 0 Å². The van der Waals surface area contributed by atoms with Crippen LogP contribution in [-0.2, 0) is 0 Å². The van der Waals surface area contributed by atoms with Gasteiger partial charge in [0.2, 0.25) is 0 Å². The third-order valence-corrected chi connectivity index (χ3v) is 2.30. The van der Waals surface area contributed by atoms with Gasteiger partial charge < -0.3 is 10.5 Å². The zero-order valence-electron chi connectivity index (χ0n) is 7.09. The number of hydrogen-bond acceptors (Lipinski definition) is 2. The van der Waals surface area contributed by atoms with E-state index in [0.717, 1.165) is 6.26 Å². The van der Waals surface area contributed by atoms with E-state index in [1.807, 2.05) is 0 Å². The van der Waals surface area contributed by atoms with Crippen LogP contribution in [0, 0.1) is 0 Å². The molecule has 0 aliphatic carbocycles. The third-order valence-electron chi connectivity index (χ3n) is 1.52. The highest BCUT2D eigenvalue weighted by molar-refractivity contribution is 6.43. The summed E-state index contributed by atoms with van der Waals surface area (Å²) in [4.78, 5) is 11.0. The predicted molar refractivity (Wildman–Crippen MR) is 55.8 cm³/mol. The Balaban J connectivity index is 3.36. The standard InChI is InChI=1S/C9H7Cl2NO2/c1-2-14-8-5(9(12)13)3-4-6(10)7(8)11/h2-4H,1H2,(H2,12,13). The zero-order valence-corrected chi connectivity index (χ0v) is 8.60. The van der Waals surface area contributed by atoms with E-state index in [0.29, 0.717) is 0 Å². The number of rotatable bonds is 3. The average Bonchev–Trinajstić information content (AvgIpc) is 2.13. The molecule has 0 spiro atoms. The Morgan fingerprint density at radius 3 is 2.64 bits per heavy atom. The van der Waals surface area contributed by atoms with Crippen LogP contribution in [0.3, 0.4) is 0 Å². The Kier molecular flexibility index (Phi) is 3.38. The van der Waals surface area contributed by atoms with Gasteiger partial charge in [-0.1, -0.05) is 29.8 Å². The summed E-state index contributed by atoms with van der Waals surface area (Å²) in [6.07, 6.45) is 1.14. The molecule has 0 atom stereocenters. The quantitative estimate of drug-likeness (QED) is 0.814. The first-order valence-corrected chi connectivity index (χ1v) is 4.39. The van der Waals surface area contributed by atoms with Crippen LogP contribution >= 0.6 is 23.2 Å². The molecule has 2 N–H and O–H groups in total. The van der Waals surface area contributed by atoms with Crippen LogP contribution < -0.4 is 10.5 Å². The van der Waals surface area contributed by atoms with E-state index in [2.05, 4.69) is 6.58 Å². The summed E-state index contributed by atoms with van der Waals surface area (Å²) in [5.41, 5.74) is 5.27. The SMILES string of the molecule is C=COc1c(C(N)=O)ccc(Cl)c1Cl. The van der Waals surface area contributed by atoms with Crippen molar-refractivity contribution in [3.05, 3.63) is 40.6 Å². The van der Waals surface area contributed by atoms with Crippen molar-refractivity contribution in [1.82, 2.24) is 0 Å². The van der Waals surface area contributed by atoms with Crippen molar-refractivity contribution in [3.63, 3.8) is 0 Å². The lowest BCUT2D eigenvalue weighted by molar-refractivity contribution is 0.0998. The van der Waals surface area contributed by atoms with Gasteiger partial charge in [-0.15, -0.1) is 0 Å². The van der Waals surface area contributed by atoms with Crippen molar-refractivity contribution in [1.29, 1.82) is 0 Å². The number of halogens is 2. The molecule has 0 saturated heterocycles. The van der Waals surface area contributed by atoms with E-state index < -0.39 is 5.91 Å². The van der Waals surface area contributed by atoms with Crippen LogP contribution in [0.2, 0.25) is 10.0 Å². The maximum absolute atomic E-state index is 11.0. The van der Waals surface area contributed by atoms with Gasteiger partial charge >= 0.3 is 0 Å². The molecule has 0 fully saturated rings. The molecule has 14 heavy (non-hydrogen) atoms. The second kappa shape index (κ2) is 4.35. The van der Waals surface area contributed by atoms with Gasteiger partial charge in [-0.2, -0.15) is 0 Å². The minimum Gasteiger partial charge on any atom is -0.463 e. The number of benzene rings is 1. The Hall–Kier alpha value is -1.19. The first-order valence-electron chi connectivity index (χ1n) is 3.63. The molecular weight excluding hydrogens is 225 g/mol. The molecule has 0 aliphatic rings. The summed E-state index contributed by atoms with van der Waals surface area (Å²) in [5, 5.41) is 0.427. The van der Waals surface area contributed by atoms with Crippen molar-refractivity contribution in [2.24, 2.45) is 5.73 Å². The van der Waals surface area contributed by atoms with Crippen LogP contribution in [0.4, 0.5) is 0 Å². The highest BCUT2D eigenvalue weighted by atomic mass is 35.5. The molecule has 0 aromatic heterocycles. The fourth-order valence-corrected chi connectivity index (χ4v) is 1.28.